The second-order valence-electron chi connectivity index (χ2n) is 6.80. The Bertz CT molecular complexity index is 1230. The lowest BCUT2D eigenvalue weighted by molar-refractivity contribution is -0.385. The first-order chi connectivity index (χ1) is 16.3. The normalized spacial score (nSPS) is 10.2. The van der Waals surface area contributed by atoms with Gasteiger partial charge in [0.05, 0.1) is 12.0 Å². The number of nitrogens with one attached hydrogen (secondary N) is 2. The molecule has 0 atom stereocenters. The Labute approximate surface area is 198 Å². The molecular formula is C23H18ClN3O7. The summed E-state index contributed by atoms with van der Waals surface area (Å²) in [6.45, 7) is -0.668. The summed E-state index contributed by atoms with van der Waals surface area (Å²) in [7, 11) is 1.55. The van der Waals surface area contributed by atoms with Crippen molar-refractivity contribution in [1.29, 1.82) is 0 Å². The summed E-state index contributed by atoms with van der Waals surface area (Å²) in [5.74, 6) is -1.39. The van der Waals surface area contributed by atoms with E-state index in [-0.39, 0.29) is 16.5 Å². The van der Waals surface area contributed by atoms with Crippen molar-refractivity contribution in [3.8, 4) is 5.75 Å². The van der Waals surface area contributed by atoms with Crippen molar-refractivity contribution in [2.24, 2.45) is 0 Å². The van der Waals surface area contributed by atoms with Gasteiger partial charge in [-0.15, -0.1) is 0 Å². The number of anilines is 2. The number of ether oxygens (including phenoxy) is 2. The molecular weight excluding hydrogens is 466 g/mol. The van der Waals surface area contributed by atoms with E-state index in [1.54, 1.807) is 31.4 Å². The molecule has 0 aliphatic rings. The van der Waals surface area contributed by atoms with Gasteiger partial charge in [0.2, 0.25) is 0 Å². The maximum atomic E-state index is 12.4. The first kappa shape index (κ1) is 24.2. The third kappa shape index (κ3) is 6.30. The van der Waals surface area contributed by atoms with Crippen LogP contribution in [-0.4, -0.2) is 36.4 Å². The second kappa shape index (κ2) is 10.9. The molecule has 0 bridgehead atoms. The highest BCUT2D eigenvalue weighted by atomic mass is 35.5. The molecule has 3 rings (SSSR count). The zero-order valence-corrected chi connectivity index (χ0v) is 18.5. The van der Waals surface area contributed by atoms with Crippen molar-refractivity contribution >= 4 is 46.4 Å². The van der Waals surface area contributed by atoms with Gasteiger partial charge in [0.15, 0.2) is 6.61 Å². The van der Waals surface area contributed by atoms with E-state index in [9.17, 15) is 24.5 Å². The van der Waals surface area contributed by atoms with Crippen LogP contribution in [0.3, 0.4) is 0 Å². The number of nitrogens with zero attached hydrogens (tertiary/aromatic N) is 1. The van der Waals surface area contributed by atoms with E-state index >= 15 is 0 Å². The average molecular weight is 484 g/mol. The van der Waals surface area contributed by atoms with Gasteiger partial charge in [-0.3, -0.25) is 19.7 Å². The molecule has 0 aliphatic heterocycles. The Morgan fingerprint density at radius 2 is 1.56 bits per heavy atom. The minimum Gasteiger partial charge on any atom is -0.497 e. The predicted molar refractivity (Wildman–Crippen MR) is 124 cm³/mol. The highest BCUT2D eigenvalue weighted by Gasteiger charge is 2.22. The first-order valence-corrected chi connectivity index (χ1v) is 10.1. The first-order valence-electron chi connectivity index (χ1n) is 9.73. The van der Waals surface area contributed by atoms with Crippen molar-refractivity contribution in [3.63, 3.8) is 0 Å². The van der Waals surface area contributed by atoms with Crippen molar-refractivity contribution in [2.75, 3.05) is 24.4 Å². The smallest absolute Gasteiger partial charge is 0.345 e. The van der Waals surface area contributed by atoms with Crippen molar-refractivity contribution in [2.45, 2.75) is 0 Å². The van der Waals surface area contributed by atoms with Gasteiger partial charge < -0.3 is 20.1 Å². The van der Waals surface area contributed by atoms with Crippen LogP contribution in [-0.2, 0) is 9.53 Å². The summed E-state index contributed by atoms with van der Waals surface area (Å²) in [5, 5.41) is 16.4. The standard InChI is InChI=1S/C23H18ClN3O7/c1-33-18-9-7-17(8-10-18)26-22(29)14-2-5-16(6-3-14)25-21(28)13-34-23(30)19-11-4-15(24)12-20(19)27(31)32/h2-12H,13H2,1H3,(H,25,28)(H,26,29). The van der Waals surface area contributed by atoms with Crippen molar-refractivity contribution in [1.82, 2.24) is 0 Å². The van der Waals surface area contributed by atoms with E-state index in [0.29, 0.717) is 22.7 Å². The van der Waals surface area contributed by atoms with Crippen LogP contribution in [0.2, 0.25) is 5.02 Å². The van der Waals surface area contributed by atoms with Crippen LogP contribution in [0.5, 0.6) is 5.75 Å². The number of nitro benzene ring substituents is 1. The van der Waals surface area contributed by atoms with Crippen LogP contribution < -0.4 is 15.4 Å². The topological polar surface area (TPSA) is 137 Å². The summed E-state index contributed by atoms with van der Waals surface area (Å²) >= 11 is 5.72. The molecule has 0 aliphatic carbocycles. The largest absolute Gasteiger partial charge is 0.497 e. The fourth-order valence-electron chi connectivity index (χ4n) is 2.82. The molecule has 11 heteroatoms. The fraction of sp³-hybridized carbons (Fsp3) is 0.0870. The average Bonchev–Trinajstić information content (AvgIpc) is 2.83. The molecule has 0 unspecified atom stereocenters. The summed E-state index contributed by atoms with van der Waals surface area (Å²) in [6.07, 6.45) is 0. The van der Waals surface area contributed by atoms with E-state index in [4.69, 9.17) is 21.1 Å². The minimum absolute atomic E-state index is 0.0853. The molecule has 0 saturated carbocycles. The van der Waals surface area contributed by atoms with E-state index in [0.717, 1.165) is 12.1 Å². The molecule has 3 aromatic carbocycles. The molecule has 3 aromatic rings. The van der Waals surface area contributed by atoms with Gasteiger partial charge in [-0.25, -0.2) is 4.79 Å². The number of hydrogen-bond donors (Lipinski definition) is 2. The maximum Gasteiger partial charge on any atom is 0.345 e. The molecule has 0 radical (unpaired) electrons. The number of methoxy groups -OCH3 is 1. The lowest BCUT2D eigenvalue weighted by Crippen LogP contribution is -2.21. The van der Waals surface area contributed by atoms with Gasteiger partial charge in [0.1, 0.15) is 11.3 Å². The number of rotatable bonds is 8. The molecule has 0 heterocycles. The monoisotopic (exact) mass is 483 g/mol. The number of carbonyl (C=O) groups is 3. The number of amides is 2. The molecule has 2 N–H and O–H groups in total. The molecule has 0 spiro atoms. The van der Waals surface area contributed by atoms with Gasteiger partial charge in [-0.1, -0.05) is 11.6 Å². The molecule has 2 amide bonds. The zero-order valence-electron chi connectivity index (χ0n) is 17.7. The third-order valence-corrected chi connectivity index (χ3v) is 4.72. The van der Waals surface area contributed by atoms with Crippen molar-refractivity contribution in [3.05, 3.63) is 93.0 Å². The van der Waals surface area contributed by atoms with Crippen LogP contribution in [0, 0.1) is 10.1 Å². The van der Waals surface area contributed by atoms with Crippen LogP contribution in [0.1, 0.15) is 20.7 Å². The van der Waals surface area contributed by atoms with Crippen LogP contribution in [0.4, 0.5) is 17.1 Å². The summed E-state index contributed by atoms with van der Waals surface area (Å²) in [4.78, 5) is 46.9. The SMILES string of the molecule is COc1ccc(NC(=O)c2ccc(NC(=O)COC(=O)c3ccc(Cl)cc3[N+](=O)[O-])cc2)cc1. The summed E-state index contributed by atoms with van der Waals surface area (Å²) in [6, 6.07) is 16.3. The fourth-order valence-corrected chi connectivity index (χ4v) is 2.98. The van der Waals surface area contributed by atoms with E-state index in [1.165, 1.54) is 30.3 Å². The molecule has 0 saturated heterocycles. The Hall–Kier alpha value is -4.44. The molecule has 174 valence electrons. The van der Waals surface area contributed by atoms with Crippen LogP contribution >= 0.6 is 11.6 Å². The Kier molecular flexibility index (Phi) is 7.78. The number of hydrogen-bond acceptors (Lipinski definition) is 7. The number of esters is 1. The Balaban J connectivity index is 1.54. The summed E-state index contributed by atoms with van der Waals surface area (Å²) in [5.41, 5.74) is 0.455. The van der Waals surface area contributed by atoms with E-state index in [1.807, 2.05) is 0 Å². The Morgan fingerprint density at radius 3 is 2.18 bits per heavy atom. The highest BCUT2D eigenvalue weighted by molar-refractivity contribution is 6.31. The Morgan fingerprint density at radius 1 is 0.941 bits per heavy atom. The van der Waals surface area contributed by atoms with Gasteiger partial charge in [-0.05, 0) is 60.7 Å². The third-order valence-electron chi connectivity index (χ3n) is 4.49. The van der Waals surface area contributed by atoms with Crippen LogP contribution in [0.25, 0.3) is 0 Å². The number of halogens is 1. The lowest BCUT2D eigenvalue weighted by atomic mass is 10.2. The van der Waals surface area contributed by atoms with E-state index in [2.05, 4.69) is 10.6 Å². The second-order valence-corrected chi connectivity index (χ2v) is 7.24. The number of nitro groups is 1. The van der Waals surface area contributed by atoms with Gasteiger partial charge >= 0.3 is 5.97 Å². The van der Waals surface area contributed by atoms with Crippen LogP contribution in [0.15, 0.2) is 66.7 Å². The van der Waals surface area contributed by atoms with Gasteiger partial charge in [0, 0.05) is 28.0 Å². The highest BCUT2D eigenvalue weighted by Crippen LogP contribution is 2.24. The molecule has 0 aromatic heterocycles. The van der Waals surface area contributed by atoms with E-state index < -0.39 is 29.1 Å². The maximum absolute atomic E-state index is 12.4. The lowest BCUT2D eigenvalue weighted by Gasteiger charge is -2.09. The molecule has 34 heavy (non-hydrogen) atoms. The number of carbonyl (C=O) groups excluding carboxylic acids is 3. The molecule has 0 fully saturated rings. The predicted octanol–water partition coefficient (Wildman–Crippen LogP) is 4.30. The molecule has 10 nitrogen and oxygen atoms in total. The number of benzene rings is 3. The van der Waals surface area contributed by atoms with Gasteiger partial charge in [0.25, 0.3) is 17.5 Å². The minimum atomic E-state index is -1.04. The summed E-state index contributed by atoms with van der Waals surface area (Å²) < 4.78 is 9.93. The zero-order chi connectivity index (χ0) is 24.7. The van der Waals surface area contributed by atoms with Gasteiger partial charge in [-0.2, -0.15) is 0 Å². The van der Waals surface area contributed by atoms with Crippen molar-refractivity contribution < 1.29 is 28.8 Å². The quantitative estimate of drug-likeness (QED) is 0.277.